The summed E-state index contributed by atoms with van der Waals surface area (Å²) in [5.74, 6) is 1.02. The van der Waals surface area contributed by atoms with Gasteiger partial charge in [0.2, 0.25) is 5.91 Å². The van der Waals surface area contributed by atoms with E-state index < -0.39 is 0 Å². The number of benzene rings is 2. The number of guanidine groups is 1. The first-order chi connectivity index (χ1) is 15.4. The van der Waals surface area contributed by atoms with Gasteiger partial charge in [-0.25, -0.2) is 4.39 Å². The average molecular weight is 439 g/mol. The minimum absolute atomic E-state index is 0.215. The summed E-state index contributed by atoms with van der Waals surface area (Å²) in [5.41, 5.74) is 2.09. The Balaban J connectivity index is 1.51. The van der Waals surface area contributed by atoms with Gasteiger partial charge in [-0.3, -0.25) is 9.79 Å². The Kier molecular flexibility index (Phi) is 8.26. The Bertz CT molecular complexity index is 896. The number of nitrogens with one attached hydrogen (secondary N) is 2. The molecule has 0 bridgehead atoms. The van der Waals surface area contributed by atoms with E-state index in [0.29, 0.717) is 19.5 Å². The van der Waals surface area contributed by atoms with Crippen LogP contribution in [0.15, 0.2) is 59.6 Å². The van der Waals surface area contributed by atoms with Crippen LogP contribution in [0.5, 0.6) is 0 Å². The predicted octanol–water partition coefficient (Wildman–Crippen LogP) is 3.75. The molecular weight excluding hydrogens is 403 g/mol. The maximum absolute atomic E-state index is 13.3. The molecule has 2 N–H and O–H groups in total. The molecule has 32 heavy (non-hydrogen) atoms. The molecule has 0 radical (unpaired) electrons. The number of amides is 1. The number of carbonyl (C=O) groups is 1. The first-order valence-corrected chi connectivity index (χ1v) is 11.5. The van der Waals surface area contributed by atoms with Gasteiger partial charge in [0.1, 0.15) is 5.82 Å². The Hall–Kier alpha value is -2.89. The van der Waals surface area contributed by atoms with Gasteiger partial charge in [-0.05, 0) is 36.6 Å². The van der Waals surface area contributed by atoms with Crippen molar-refractivity contribution in [1.82, 2.24) is 15.5 Å². The summed E-state index contributed by atoms with van der Waals surface area (Å²) < 4.78 is 13.3. The summed E-state index contributed by atoms with van der Waals surface area (Å²) in [6.45, 7) is 9.82. The lowest BCUT2D eigenvalue weighted by Gasteiger charge is -2.24. The molecule has 3 rings (SSSR count). The van der Waals surface area contributed by atoms with Crippen LogP contribution in [0.2, 0.25) is 0 Å². The smallest absolute Gasteiger partial charge is 0.223 e. The van der Waals surface area contributed by atoms with Gasteiger partial charge in [0.15, 0.2) is 5.96 Å². The number of hydrogen-bond acceptors (Lipinski definition) is 2. The van der Waals surface area contributed by atoms with Gasteiger partial charge in [0.25, 0.3) is 0 Å². The third kappa shape index (κ3) is 6.81. The highest BCUT2D eigenvalue weighted by molar-refractivity contribution is 5.81. The van der Waals surface area contributed by atoms with E-state index in [0.717, 1.165) is 37.6 Å². The molecule has 1 saturated heterocycles. The highest BCUT2D eigenvalue weighted by Crippen LogP contribution is 2.24. The van der Waals surface area contributed by atoms with Crippen molar-refractivity contribution in [3.05, 3.63) is 71.5 Å². The van der Waals surface area contributed by atoms with Gasteiger partial charge in [-0.2, -0.15) is 0 Å². The lowest BCUT2D eigenvalue weighted by atomic mass is 9.85. The van der Waals surface area contributed by atoms with E-state index in [-0.39, 0.29) is 23.1 Å². The van der Waals surface area contributed by atoms with Gasteiger partial charge in [0, 0.05) is 43.9 Å². The van der Waals surface area contributed by atoms with Crippen LogP contribution in [0.25, 0.3) is 0 Å². The second kappa shape index (κ2) is 11.1. The van der Waals surface area contributed by atoms with E-state index in [1.54, 1.807) is 0 Å². The van der Waals surface area contributed by atoms with E-state index in [4.69, 9.17) is 4.99 Å². The lowest BCUT2D eigenvalue weighted by Crippen LogP contribution is -2.41. The zero-order valence-corrected chi connectivity index (χ0v) is 19.4. The average Bonchev–Trinajstić information content (AvgIpc) is 3.14. The van der Waals surface area contributed by atoms with Gasteiger partial charge >= 0.3 is 0 Å². The predicted molar refractivity (Wildman–Crippen MR) is 128 cm³/mol. The normalized spacial score (nSPS) is 17.0. The molecule has 0 aromatic heterocycles. The second-order valence-corrected chi connectivity index (χ2v) is 9.11. The van der Waals surface area contributed by atoms with Crippen molar-refractivity contribution in [2.24, 2.45) is 10.9 Å². The molecule has 1 aliphatic heterocycles. The zero-order valence-electron chi connectivity index (χ0n) is 19.4. The minimum atomic E-state index is -0.230. The zero-order chi connectivity index (χ0) is 23.0. The van der Waals surface area contributed by atoms with Gasteiger partial charge in [-0.1, -0.05) is 56.3 Å². The molecule has 1 amide bonds. The molecule has 1 heterocycles. The summed E-state index contributed by atoms with van der Waals surface area (Å²) in [6, 6.07) is 16.9. The molecular formula is C26H35FN4O. The fourth-order valence-electron chi connectivity index (χ4n) is 3.97. The van der Waals surface area contributed by atoms with Crippen molar-refractivity contribution < 1.29 is 9.18 Å². The summed E-state index contributed by atoms with van der Waals surface area (Å²) in [6.07, 6.45) is 1.46. The summed E-state index contributed by atoms with van der Waals surface area (Å²) >= 11 is 0. The fourth-order valence-corrected chi connectivity index (χ4v) is 3.97. The largest absolute Gasteiger partial charge is 0.357 e. The molecule has 1 unspecified atom stereocenters. The number of rotatable bonds is 9. The van der Waals surface area contributed by atoms with E-state index in [2.05, 4.69) is 36.6 Å². The SMILES string of the molecule is CCNC(=NCC(C)(C)c1ccc(F)cc1)NCC1CC(=O)N(CCc2ccccc2)C1. The summed E-state index contributed by atoms with van der Waals surface area (Å²) in [7, 11) is 0. The van der Waals surface area contributed by atoms with Crippen LogP contribution >= 0.6 is 0 Å². The topological polar surface area (TPSA) is 56.7 Å². The van der Waals surface area contributed by atoms with Crippen molar-refractivity contribution in [2.75, 3.05) is 32.7 Å². The summed E-state index contributed by atoms with van der Waals surface area (Å²) in [4.78, 5) is 19.2. The molecule has 6 heteroatoms. The molecule has 2 aromatic rings. The molecule has 0 spiro atoms. The van der Waals surface area contributed by atoms with E-state index in [1.807, 2.05) is 42.2 Å². The number of hydrogen-bond donors (Lipinski definition) is 2. The van der Waals surface area contributed by atoms with Crippen molar-refractivity contribution in [3.63, 3.8) is 0 Å². The van der Waals surface area contributed by atoms with Crippen molar-refractivity contribution in [1.29, 1.82) is 0 Å². The van der Waals surface area contributed by atoms with Crippen LogP contribution < -0.4 is 10.6 Å². The quantitative estimate of drug-likeness (QED) is 0.463. The molecule has 172 valence electrons. The first-order valence-electron chi connectivity index (χ1n) is 11.5. The molecule has 1 fully saturated rings. The number of halogens is 1. The van der Waals surface area contributed by atoms with E-state index in [1.165, 1.54) is 17.7 Å². The van der Waals surface area contributed by atoms with Crippen LogP contribution in [-0.2, 0) is 16.6 Å². The molecule has 2 aromatic carbocycles. The first kappa shape index (κ1) is 23.8. The fraction of sp³-hybridized carbons (Fsp3) is 0.462. The molecule has 0 aliphatic carbocycles. The number of likely N-dealkylation sites (tertiary alicyclic amines) is 1. The second-order valence-electron chi connectivity index (χ2n) is 9.11. The monoisotopic (exact) mass is 438 g/mol. The maximum Gasteiger partial charge on any atom is 0.223 e. The van der Waals surface area contributed by atoms with Gasteiger partial charge in [0.05, 0.1) is 6.54 Å². The Labute approximate surface area is 191 Å². The van der Waals surface area contributed by atoms with Crippen molar-refractivity contribution in [2.45, 2.75) is 39.0 Å². The molecule has 1 aliphatic rings. The van der Waals surface area contributed by atoms with Crippen LogP contribution in [0.3, 0.4) is 0 Å². The number of aliphatic imine (C=N–C) groups is 1. The minimum Gasteiger partial charge on any atom is -0.357 e. The van der Waals surface area contributed by atoms with Crippen LogP contribution in [0, 0.1) is 11.7 Å². The Morgan fingerprint density at radius 2 is 1.84 bits per heavy atom. The van der Waals surface area contributed by atoms with Crippen LogP contribution in [0.1, 0.15) is 38.3 Å². The maximum atomic E-state index is 13.3. The Morgan fingerprint density at radius 3 is 2.53 bits per heavy atom. The van der Waals surface area contributed by atoms with E-state index >= 15 is 0 Å². The third-order valence-corrected chi connectivity index (χ3v) is 5.97. The van der Waals surface area contributed by atoms with Crippen LogP contribution in [-0.4, -0.2) is 49.5 Å². The molecule has 1 atom stereocenters. The number of nitrogens with zero attached hydrogens (tertiary/aromatic N) is 2. The standard InChI is InChI=1S/C26H35FN4O/c1-4-28-25(30-19-26(2,3)22-10-12-23(27)13-11-22)29-17-21-16-24(32)31(18-21)15-14-20-8-6-5-7-9-20/h5-13,21H,4,14-19H2,1-3H3,(H2,28,29,30). The van der Waals surface area contributed by atoms with E-state index in [9.17, 15) is 9.18 Å². The van der Waals surface area contributed by atoms with Crippen LogP contribution in [0.4, 0.5) is 4.39 Å². The summed E-state index contributed by atoms with van der Waals surface area (Å²) in [5, 5.41) is 6.70. The molecule has 0 saturated carbocycles. The Morgan fingerprint density at radius 1 is 1.12 bits per heavy atom. The van der Waals surface area contributed by atoms with Crippen molar-refractivity contribution in [3.8, 4) is 0 Å². The van der Waals surface area contributed by atoms with Gasteiger partial charge < -0.3 is 15.5 Å². The van der Waals surface area contributed by atoms with Gasteiger partial charge in [-0.15, -0.1) is 0 Å². The highest BCUT2D eigenvalue weighted by atomic mass is 19.1. The molecule has 5 nitrogen and oxygen atoms in total. The number of carbonyl (C=O) groups excluding carboxylic acids is 1. The third-order valence-electron chi connectivity index (χ3n) is 5.97. The highest BCUT2D eigenvalue weighted by Gasteiger charge is 2.29. The van der Waals surface area contributed by atoms with Crippen molar-refractivity contribution >= 4 is 11.9 Å². The lowest BCUT2D eigenvalue weighted by molar-refractivity contribution is -0.127.